The van der Waals surface area contributed by atoms with Crippen LogP contribution >= 0.6 is 0 Å². The van der Waals surface area contributed by atoms with E-state index in [9.17, 15) is 14.7 Å². The number of oxime groups is 1. The number of hydrogen-bond acceptors (Lipinski definition) is 5. The smallest absolute Gasteiger partial charge is 0.143 e. The fourth-order valence-electron chi connectivity index (χ4n) is 3.45. The van der Waals surface area contributed by atoms with Crippen LogP contribution in [0.4, 0.5) is 4.39 Å². The van der Waals surface area contributed by atoms with E-state index >= 15 is 0 Å². The largest absolute Gasteiger partial charge is 0.508 e. The van der Waals surface area contributed by atoms with Gasteiger partial charge >= 0.3 is 0 Å². The number of rotatable bonds is 3. The van der Waals surface area contributed by atoms with Gasteiger partial charge in [-0.2, -0.15) is 0 Å². The summed E-state index contributed by atoms with van der Waals surface area (Å²) in [5, 5.41) is 26.3. The quantitative estimate of drug-likeness (QED) is 0.317. The van der Waals surface area contributed by atoms with Crippen molar-refractivity contribution >= 4 is 17.1 Å². The van der Waals surface area contributed by atoms with Gasteiger partial charge in [0.15, 0.2) is 0 Å². The van der Waals surface area contributed by atoms with E-state index in [2.05, 4.69) is 10.3 Å². The third kappa shape index (κ3) is 2.55. The molecule has 2 heterocycles. The summed E-state index contributed by atoms with van der Waals surface area (Å²) in [7, 11) is 0. The Balaban J connectivity index is 2.23. The Labute approximate surface area is 153 Å². The third-order valence-corrected chi connectivity index (χ3v) is 4.55. The summed E-state index contributed by atoms with van der Waals surface area (Å²) in [6, 6.07) is 11.3. The number of aromatic hydroxyl groups is 1. The molecule has 0 aliphatic rings. The number of benzene rings is 2. The molecule has 0 atom stereocenters. The van der Waals surface area contributed by atoms with E-state index in [0.717, 1.165) is 0 Å². The van der Waals surface area contributed by atoms with Gasteiger partial charge in [-0.1, -0.05) is 16.4 Å². The Morgan fingerprint density at radius 1 is 1.15 bits per heavy atom. The minimum absolute atomic E-state index is 0.123. The van der Waals surface area contributed by atoms with Crippen molar-refractivity contribution in [3.63, 3.8) is 0 Å². The van der Waals surface area contributed by atoms with Crippen LogP contribution in [-0.2, 0) is 0 Å². The molecule has 0 bridgehead atoms. The van der Waals surface area contributed by atoms with Crippen molar-refractivity contribution in [1.82, 2.24) is 9.72 Å². The summed E-state index contributed by atoms with van der Waals surface area (Å²) in [5.41, 5.74) is 3.61. The van der Waals surface area contributed by atoms with Crippen LogP contribution in [0.1, 0.15) is 17.0 Å². The standard InChI is InChI=1S/C20H16FN3O3/c1-11-18(12(2)27-23-11)20-15(10-22-26)19-16(21)4-3-5-17(19)24(20)13-6-8-14(25)9-7-13/h3-10,25-26H,1-2H3/b22-10+. The molecule has 0 fully saturated rings. The molecule has 0 saturated carbocycles. The molecule has 0 aliphatic heterocycles. The first kappa shape index (κ1) is 16.8. The van der Waals surface area contributed by atoms with Crippen molar-refractivity contribution < 1.29 is 19.2 Å². The minimum Gasteiger partial charge on any atom is -0.508 e. The van der Waals surface area contributed by atoms with Crippen LogP contribution in [-0.4, -0.2) is 26.3 Å². The average Bonchev–Trinajstić information content (AvgIpc) is 3.14. The molecule has 2 N–H and O–H groups in total. The van der Waals surface area contributed by atoms with E-state index in [0.29, 0.717) is 44.9 Å². The van der Waals surface area contributed by atoms with Crippen LogP contribution in [0.25, 0.3) is 27.8 Å². The van der Waals surface area contributed by atoms with Gasteiger partial charge in [0.1, 0.15) is 17.3 Å². The normalized spacial score (nSPS) is 11.7. The van der Waals surface area contributed by atoms with Gasteiger partial charge in [0.05, 0.1) is 28.7 Å². The van der Waals surface area contributed by atoms with Crippen LogP contribution in [0.5, 0.6) is 5.75 Å². The molecule has 0 saturated heterocycles. The van der Waals surface area contributed by atoms with Gasteiger partial charge in [0.2, 0.25) is 0 Å². The number of aryl methyl sites for hydroxylation is 2. The number of phenols is 1. The molecule has 4 aromatic rings. The van der Waals surface area contributed by atoms with Crippen molar-refractivity contribution in [3.05, 3.63) is 65.3 Å². The highest BCUT2D eigenvalue weighted by molar-refractivity contribution is 6.08. The van der Waals surface area contributed by atoms with E-state index in [1.807, 2.05) is 4.57 Å². The molecule has 0 aliphatic carbocycles. The second kappa shape index (κ2) is 6.28. The molecule has 27 heavy (non-hydrogen) atoms. The van der Waals surface area contributed by atoms with Crippen LogP contribution in [0.15, 0.2) is 52.1 Å². The molecule has 136 valence electrons. The highest BCUT2D eigenvalue weighted by Gasteiger charge is 2.25. The number of aromatic nitrogens is 2. The second-order valence-electron chi connectivity index (χ2n) is 6.19. The van der Waals surface area contributed by atoms with Gasteiger partial charge in [0.25, 0.3) is 0 Å². The first-order valence-electron chi connectivity index (χ1n) is 8.26. The Hall–Kier alpha value is -3.61. The van der Waals surface area contributed by atoms with Crippen molar-refractivity contribution in [1.29, 1.82) is 0 Å². The summed E-state index contributed by atoms with van der Waals surface area (Å²) in [5.74, 6) is 0.244. The predicted octanol–water partition coefficient (Wildman–Crippen LogP) is 4.56. The van der Waals surface area contributed by atoms with Gasteiger partial charge in [-0.25, -0.2) is 4.39 Å². The lowest BCUT2D eigenvalue weighted by Crippen LogP contribution is -1.99. The predicted molar refractivity (Wildman–Crippen MR) is 99.2 cm³/mol. The zero-order valence-electron chi connectivity index (χ0n) is 14.6. The Bertz CT molecular complexity index is 1150. The zero-order chi connectivity index (χ0) is 19.1. The monoisotopic (exact) mass is 365 g/mol. The van der Waals surface area contributed by atoms with Crippen LogP contribution < -0.4 is 0 Å². The number of hydrogen-bond donors (Lipinski definition) is 2. The highest BCUT2D eigenvalue weighted by Crippen LogP contribution is 2.39. The third-order valence-electron chi connectivity index (χ3n) is 4.55. The van der Waals surface area contributed by atoms with Crippen molar-refractivity contribution in [3.8, 4) is 22.7 Å². The fourth-order valence-corrected chi connectivity index (χ4v) is 3.45. The van der Waals surface area contributed by atoms with Crippen molar-refractivity contribution in [2.75, 3.05) is 0 Å². The molecule has 0 radical (unpaired) electrons. The molecule has 0 unspecified atom stereocenters. The minimum atomic E-state index is -0.437. The molecule has 2 aromatic heterocycles. The number of fused-ring (bicyclic) bond motifs is 1. The molecular formula is C20H16FN3O3. The Morgan fingerprint density at radius 3 is 2.52 bits per heavy atom. The van der Waals surface area contributed by atoms with Gasteiger partial charge in [0, 0.05) is 16.6 Å². The lowest BCUT2D eigenvalue weighted by Gasteiger charge is -2.12. The topological polar surface area (TPSA) is 83.8 Å². The van der Waals surface area contributed by atoms with E-state index in [-0.39, 0.29) is 5.75 Å². The molecule has 6 nitrogen and oxygen atoms in total. The molecule has 0 spiro atoms. The van der Waals surface area contributed by atoms with E-state index in [1.165, 1.54) is 12.3 Å². The summed E-state index contributed by atoms with van der Waals surface area (Å²) in [6.45, 7) is 3.56. The van der Waals surface area contributed by atoms with E-state index in [1.54, 1.807) is 50.2 Å². The van der Waals surface area contributed by atoms with Gasteiger partial charge in [-0.3, -0.25) is 0 Å². The van der Waals surface area contributed by atoms with Crippen molar-refractivity contribution in [2.45, 2.75) is 13.8 Å². The zero-order valence-corrected chi connectivity index (χ0v) is 14.6. The van der Waals surface area contributed by atoms with Gasteiger partial charge < -0.3 is 19.4 Å². The maximum Gasteiger partial charge on any atom is 0.143 e. The Morgan fingerprint density at radius 2 is 1.89 bits per heavy atom. The SMILES string of the molecule is Cc1noc(C)c1-c1c(/C=N/O)c2c(F)cccc2n1-c1ccc(O)cc1. The lowest BCUT2D eigenvalue weighted by atomic mass is 10.0. The summed E-state index contributed by atoms with van der Waals surface area (Å²) >= 11 is 0. The number of nitrogens with zero attached hydrogens (tertiary/aromatic N) is 3. The van der Waals surface area contributed by atoms with E-state index < -0.39 is 5.82 Å². The number of phenolic OH excluding ortho intramolecular Hbond substituents is 1. The lowest BCUT2D eigenvalue weighted by molar-refractivity contribution is 0.322. The van der Waals surface area contributed by atoms with Gasteiger partial charge in [-0.05, 0) is 50.2 Å². The maximum atomic E-state index is 14.8. The maximum absolute atomic E-state index is 14.8. The van der Waals surface area contributed by atoms with Crippen LogP contribution in [0.2, 0.25) is 0 Å². The van der Waals surface area contributed by atoms with Gasteiger partial charge in [-0.15, -0.1) is 0 Å². The summed E-state index contributed by atoms with van der Waals surface area (Å²) in [6.07, 6.45) is 1.21. The molecule has 4 rings (SSSR count). The average molecular weight is 365 g/mol. The molecule has 7 heteroatoms. The second-order valence-corrected chi connectivity index (χ2v) is 6.19. The highest BCUT2D eigenvalue weighted by atomic mass is 19.1. The van der Waals surface area contributed by atoms with Crippen molar-refractivity contribution in [2.24, 2.45) is 5.16 Å². The Kier molecular flexibility index (Phi) is 3.92. The van der Waals surface area contributed by atoms with E-state index in [4.69, 9.17) is 4.52 Å². The fraction of sp³-hybridized carbons (Fsp3) is 0.100. The molecule has 0 amide bonds. The summed E-state index contributed by atoms with van der Waals surface area (Å²) < 4.78 is 21.9. The first-order chi connectivity index (χ1) is 13.0. The first-order valence-corrected chi connectivity index (χ1v) is 8.26. The summed E-state index contributed by atoms with van der Waals surface area (Å²) in [4.78, 5) is 0. The number of halogens is 1. The van der Waals surface area contributed by atoms with Crippen LogP contribution in [0, 0.1) is 19.7 Å². The molecule has 2 aromatic carbocycles. The molecular weight excluding hydrogens is 349 g/mol. The van der Waals surface area contributed by atoms with Crippen LogP contribution in [0.3, 0.4) is 0 Å².